The van der Waals surface area contributed by atoms with Crippen LogP contribution in [0, 0.1) is 13.8 Å². The zero-order valence-corrected chi connectivity index (χ0v) is 8.70. The molecule has 0 radical (unpaired) electrons. The van der Waals surface area contributed by atoms with Gasteiger partial charge in [-0.3, -0.25) is 15.0 Å². The highest BCUT2D eigenvalue weighted by Gasteiger charge is 2.29. The third-order valence-corrected chi connectivity index (χ3v) is 2.50. The van der Waals surface area contributed by atoms with E-state index in [1.807, 2.05) is 32.0 Å². The molecule has 1 N–H and O–H groups in total. The van der Waals surface area contributed by atoms with Crippen molar-refractivity contribution in [2.24, 2.45) is 0 Å². The van der Waals surface area contributed by atoms with E-state index in [1.165, 1.54) is 4.90 Å². The van der Waals surface area contributed by atoms with Crippen LogP contribution in [0.4, 0.5) is 10.5 Å². The molecular formula is C11H12N2O2. The molecule has 4 heteroatoms. The average molecular weight is 204 g/mol. The van der Waals surface area contributed by atoms with Crippen LogP contribution >= 0.6 is 0 Å². The lowest BCUT2D eigenvalue weighted by molar-refractivity contribution is -0.117. The molecule has 1 aliphatic rings. The van der Waals surface area contributed by atoms with Gasteiger partial charge in [0.15, 0.2) is 0 Å². The molecule has 1 fully saturated rings. The van der Waals surface area contributed by atoms with Crippen LogP contribution in [0.25, 0.3) is 0 Å². The maximum absolute atomic E-state index is 11.5. The fourth-order valence-corrected chi connectivity index (χ4v) is 1.85. The molecule has 2 rings (SSSR count). The molecule has 78 valence electrons. The number of rotatable bonds is 1. The molecule has 1 aromatic carbocycles. The minimum absolute atomic E-state index is 0.116. The van der Waals surface area contributed by atoms with Crippen LogP contribution in [0.15, 0.2) is 18.2 Å². The lowest BCUT2D eigenvalue weighted by atomic mass is 10.1. The number of anilines is 1. The van der Waals surface area contributed by atoms with Crippen molar-refractivity contribution in [2.75, 3.05) is 11.4 Å². The van der Waals surface area contributed by atoms with E-state index in [9.17, 15) is 9.59 Å². The van der Waals surface area contributed by atoms with Gasteiger partial charge in [-0.25, -0.2) is 4.79 Å². The van der Waals surface area contributed by atoms with E-state index >= 15 is 0 Å². The number of imide groups is 1. The van der Waals surface area contributed by atoms with Gasteiger partial charge >= 0.3 is 6.03 Å². The standard InChI is InChI=1S/C11H12N2O2/c1-7-4-3-5-8(2)10(7)13-6-9(14)12-11(13)15/h3-5H,6H2,1-2H3,(H,12,14,15). The van der Waals surface area contributed by atoms with Crippen LogP contribution in [-0.4, -0.2) is 18.5 Å². The predicted molar refractivity (Wildman–Crippen MR) is 56.8 cm³/mol. The number of amides is 3. The van der Waals surface area contributed by atoms with Gasteiger partial charge in [0.2, 0.25) is 5.91 Å². The van der Waals surface area contributed by atoms with Crippen molar-refractivity contribution in [3.63, 3.8) is 0 Å². The van der Waals surface area contributed by atoms with Gasteiger partial charge in [0, 0.05) is 0 Å². The van der Waals surface area contributed by atoms with E-state index < -0.39 is 0 Å². The van der Waals surface area contributed by atoms with Gasteiger partial charge in [0.25, 0.3) is 0 Å². The highest BCUT2D eigenvalue weighted by atomic mass is 16.2. The van der Waals surface area contributed by atoms with E-state index in [2.05, 4.69) is 5.32 Å². The van der Waals surface area contributed by atoms with Crippen molar-refractivity contribution in [1.82, 2.24) is 5.32 Å². The predicted octanol–water partition coefficient (Wildman–Crippen LogP) is 1.36. The number of nitrogens with zero attached hydrogens (tertiary/aromatic N) is 1. The molecule has 1 saturated heterocycles. The smallest absolute Gasteiger partial charge is 0.284 e. The fraction of sp³-hybridized carbons (Fsp3) is 0.273. The van der Waals surface area contributed by atoms with Gasteiger partial charge in [0.05, 0.1) is 5.69 Å². The molecule has 0 bridgehead atoms. The first-order valence-electron chi connectivity index (χ1n) is 4.77. The van der Waals surface area contributed by atoms with Crippen molar-refractivity contribution in [1.29, 1.82) is 0 Å². The summed E-state index contributed by atoms with van der Waals surface area (Å²) in [5.41, 5.74) is 2.83. The van der Waals surface area contributed by atoms with Crippen LogP contribution in [0.2, 0.25) is 0 Å². The molecular weight excluding hydrogens is 192 g/mol. The Kier molecular flexibility index (Phi) is 2.19. The van der Waals surface area contributed by atoms with Crippen molar-refractivity contribution in [2.45, 2.75) is 13.8 Å². The Morgan fingerprint density at radius 1 is 1.20 bits per heavy atom. The van der Waals surface area contributed by atoms with Gasteiger partial charge in [0.1, 0.15) is 6.54 Å². The Morgan fingerprint density at radius 3 is 2.27 bits per heavy atom. The molecule has 0 unspecified atom stereocenters. The molecule has 0 spiro atoms. The Bertz CT molecular complexity index is 420. The fourth-order valence-electron chi connectivity index (χ4n) is 1.85. The molecule has 4 nitrogen and oxygen atoms in total. The van der Waals surface area contributed by atoms with Crippen LogP contribution in [0.1, 0.15) is 11.1 Å². The van der Waals surface area contributed by atoms with Crippen LogP contribution in [-0.2, 0) is 4.79 Å². The second kappa shape index (κ2) is 3.38. The van der Waals surface area contributed by atoms with E-state index in [1.54, 1.807) is 0 Å². The number of carbonyl (C=O) groups is 2. The quantitative estimate of drug-likeness (QED) is 0.702. The molecule has 1 aliphatic heterocycles. The highest BCUT2D eigenvalue weighted by Crippen LogP contribution is 2.25. The first kappa shape index (κ1) is 9.71. The van der Waals surface area contributed by atoms with Crippen LogP contribution in [0.3, 0.4) is 0 Å². The molecule has 0 aromatic heterocycles. The summed E-state index contributed by atoms with van der Waals surface area (Å²) in [4.78, 5) is 24.0. The summed E-state index contributed by atoms with van der Waals surface area (Å²) >= 11 is 0. The molecule has 0 atom stereocenters. The van der Waals surface area contributed by atoms with Gasteiger partial charge in [-0.2, -0.15) is 0 Å². The Labute approximate surface area is 87.9 Å². The van der Waals surface area contributed by atoms with Gasteiger partial charge in [-0.15, -0.1) is 0 Å². The number of aryl methyl sites for hydroxylation is 2. The SMILES string of the molecule is Cc1cccc(C)c1N1CC(=O)NC1=O. The lowest BCUT2D eigenvalue weighted by Gasteiger charge is -2.18. The van der Waals surface area contributed by atoms with E-state index in [-0.39, 0.29) is 18.5 Å². The van der Waals surface area contributed by atoms with Crippen molar-refractivity contribution in [3.05, 3.63) is 29.3 Å². The number of hydrogen-bond acceptors (Lipinski definition) is 2. The Morgan fingerprint density at radius 2 is 1.80 bits per heavy atom. The first-order chi connectivity index (χ1) is 7.09. The van der Waals surface area contributed by atoms with E-state index in [0.717, 1.165) is 16.8 Å². The number of nitrogens with one attached hydrogen (secondary N) is 1. The second-order valence-electron chi connectivity index (χ2n) is 3.68. The zero-order chi connectivity index (χ0) is 11.0. The van der Waals surface area contributed by atoms with E-state index in [0.29, 0.717) is 0 Å². The van der Waals surface area contributed by atoms with Gasteiger partial charge in [-0.05, 0) is 25.0 Å². The Hall–Kier alpha value is -1.84. The molecule has 3 amide bonds. The maximum atomic E-state index is 11.5. The summed E-state index contributed by atoms with van der Waals surface area (Å²) in [5.74, 6) is -0.248. The third kappa shape index (κ3) is 1.58. The minimum Gasteiger partial charge on any atom is -0.284 e. The number of benzene rings is 1. The summed E-state index contributed by atoms with van der Waals surface area (Å²) in [6.07, 6.45) is 0. The summed E-state index contributed by atoms with van der Waals surface area (Å²) in [5, 5.41) is 2.27. The number of para-hydroxylation sites is 1. The number of urea groups is 1. The highest BCUT2D eigenvalue weighted by molar-refractivity contribution is 6.12. The molecule has 1 aromatic rings. The second-order valence-corrected chi connectivity index (χ2v) is 3.68. The number of hydrogen-bond donors (Lipinski definition) is 1. The lowest BCUT2D eigenvalue weighted by Crippen LogP contribution is -2.29. The van der Waals surface area contributed by atoms with Crippen molar-refractivity contribution >= 4 is 17.6 Å². The summed E-state index contributed by atoms with van der Waals surface area (Å²) in [6.45, 7) is 3.97. The van der Waals surface area contributed by atoms with E-state index in [4.69, 9.17) is 0 Å². The summed E-state index contributed by atoms with van der Waals surface area (Å²) in [7, 11) is 0. The zero-order valence-electron chi connectivity index (χ0n) is 8.70. The minimum atomic E-state index is -0.336. The van der Waals surface area contributed by atoms with Gasteiger partial charge < -0.3 is 0 Å². The maximum Gasteiger partial charge on any atom is 0.329 e. The average Bonchev–Trinajstić information content (AvgIpc) is 2.45. The normalized spacial score (nSPS) is 15.7. The van der Waals surface area contributed by atoms with Crippen molar-refractivity contribution in [3.8, 4) is 0 Å². The Balaban J connectivity index is 2.46. The van der Waals surface area contributed by atoms with Gasteiger partial charge in [-0.1, -0.05) is 18.2 Å². The first-order valence-corrected chi connectivity index (χ1v) is 4.77. The summed E-state index contributed by atoms with van der Waals surface area (Å²) in [6, 6.07) is 5.46. The van der Waals surface area contributed by atoms with Crippen LogP contribution in [0.5, 0.6) is 0 Å². The van der Waals surface area contributed by atoms with Crippen LogP contribution < -0.4 is 10.2 Å². The topological polar surface area (TPSA) is 49.4 Å². The number of carbonyl (C=O) groups excluding carboxylic acids is 2. The largest absolute Gasteiger partial charge is 0.329 e. The monoisotopic (exact) mass is 204 g/mol. The summed E-state index contributed by atoms with van der Waals surface area (Å²) < 4.78 is 0. The molecule has 1 heterocycles. The van der Waals surface area contributed by atoms with Crippen molar-refractivity contribution < 1.29 is 9.59 Å². The third-order valence-electron chi connectivity index (χ3n) is 2.50. The molecule has 0 saturated carbocycles. The molecule has 0 aliphatic carbocycles. The molecule has 15 heavy (non-hydrogen) atoms.